The predicted octanol–water partition coefficient (Wildman–Crippen LogP) is 2.68. The second kappa shape index (κ2) is 6.16. The number of benzene rings is 1. The van der Waals surface area contributed by atoms with Gasteiger partial charge in [0.25, 0.3) is 5.91 Å². The fraction of sp³-hybridized carbons (Fsp3) is 0.444. The molecule has 1 aromatic carbocycles. The van der Waals surface area contributed by atoms with Gasteiger partial charge in [0.05, 0.1) is 5.69 Å². The lowest BCUT2D eigenvalue weighted by atomic mass is 9.93. The molecule has 0 aliphatic carbocycles. The van der Waals surface area contributed by atoms with Crippen LogP contribution in [-0.2, 0) is 5.41 Å². The number of carbonyl (C=O) groups is 1. The number of nitrogens with one attached hydrogen (secondary N) is 1. The van der Waals surface area contributed by atoms with Crippen molar-refractivity contribution in [1.29, 1.82) is 0 Å². The summed E-state index contributed by atoms with van der Waals surface area (Å²) < 4.78 is 5.61. The third-order valence-corrected chi connectivity index (χ3v) is 4.03. The zero-order valence-electron chi connectivity index (χ0n) is 13.9. The van der Waals surface area contributed by atoms with Crippen LogP contribution in [-0.4, -0.2) is 42.0 Å². The van der Waals surface area contributed by atoms with E-state index in [-0.39, 0.29) is 11.3 Å². The van der Waals surface area contributed by atoms with E-state index >= 15 is 0 Å². The quantitative estimate of drug-likeness (QED) is 0.926. The lowest BCUT2D eigenvalue weighted by Gasteiger charge is -2.27. The van der Waals surface area contributed by atoms with Crippen LogP contribution in [0, 0.1) is 0 Å². The highest BCUT2D eigenvalue weighted by atomic mass is 16.3. The maximum absolute atomic E-state index is 12.6. The topological polar surface area (TPSA) is 58.4 Å². The molecule has 0 unspecified atom stereocenters. The molecule has 5 heteroatoms. The second-order valence-electron chi connectivity index (χ2n) is 6.91. The molecule has 1 saturated heterocycles. The Hall–Kier alpha value is -2.14. The predicted molar refractivity (Wildman–Crippen MR) is 89.4 cm³/mol. The average Bonchev–Trinajstić information content (AvgIpc) is 3.05. The minimum Gasteiger partial charge on any atom is -0.444 e. The third-order valence-electron chi connectivity index (χ3n) is 4.03. The third kappa shape index (κ3) is 3.45. The summed E-state index contributed by atoms with van der Waals surface area (Å²) in [7, 11) is 0. The molecule has 122 valence electrons. The molecule has 23 heavy (non-hydrogen) atoms. The van der Waals surface area contributed by atoms with Gasteiger partial charge in [-0.3, -0.25) is 4.79 Å². The average molecular weight is 313 g/mol. The molecule has 1 N–H and O–H groups in total. The summed E-state index contributed by atoms with van der Waals surface area (Å²) in [5, 5.41) is 3.26. The Labute approximate surface area is 136 Å². The van der Waals surface area contributed by atoms with Crippen LogP contribution in [0.3, 0.4) is 0 Å². The first-order chi connectivity index (χ1) is 10.9. The molecule has 2 aromatic rings. The molecule has 1 aliphatic rings. The summed E-state index contributed by atoms with van der Waals surface area (Å²) in [5.74, 6) is 0.626. The van der Waals surface area contributed by atoms with E-state index in [9.17, 15) is 4.79 Å². The number of carbonyl (C=O) groups excluding carboxylic acids is 1. The molecule has 5 nitrogen and oxygen atoms in total. The van der Waals surface area contributed by atoms with E-state index < -0.39 is 0 Å². The maximum atomic E-state index is 12.6. The molecule has 1 amide bonds. The number of rotatable bonds is 2. The Morgan fingerprint density at radius 2 is 2.00 bits per heavy atom. The number of amides is 1. The molecule has 0 spiro atoms. The molecule has 2 heterocycles. The first kappa shape index (κ1) is 15.7. The van der Waals surface area contributed by atoms with Gasteiger partial charge in [-0.1, -0.05) is 26.8 Å². The second-order valence-corrected chi connectivity index (χ2v) is 6.91. The van der Waals surface area contributed by atoms with Crippen molar-refractivity contribution < 1.29 is 9.21 Å². The minimum absolute atomic E-state index is 0.0595. The highest BCUT2D eigenvalue weighted by Crippen LogP contribution is 2.26. The van der Waals surface area contributed by atoms with Gasteiger partial charge in [-0.15, -0.1) is 0 Å². The number of hydrogen-bond donors (Lipinski definition) is 1. The molecular formula is C18H23N3O2. The van der Waals surface area contributed by atoms with Crippen molar-refractivity contribution in [3.63, 3.8) is 0 Å². The van der Waals surface area contributed by atoms with Crippen molar-refractivity contribution in [1.82, 2.24) is 15.2 Å². The van der Waals surface area contributed by atoms with E-state index in [2.05, 4.69) is 31.1 Å². The number of oxazole rings is 1. The largest absolute Gasteiger partial charge is 0.444 e. The van der Waals surface area contributed by atoms with Crippen molar-refractivity contribution in [2.24, 2.45) is 0 Å². The SMILES string of the molecule is CC(C)(C)c1coc(-c2cccc(C(=O)N3CCNCC3)c2)n1. The molecule has 3 rings (SSSR count). The van der Waals surface area contributed by atoms with Crippen molar-refractivity contribution in [2.45, 2.75) is 26.2 Å². The van der Waals surface area contributed by atoms with E-state index in [1.165, 1.54) is 0 Å². The Morgan fingerprint density at radius 1 is 1.26 bits per heavy atom. The van der Waals surface area contributed by atoms with E-state index in [1.807, 2.05) is 29.2 Å². The van der Waals surface area contributed by atoms with Crippen LogP contribution >= 0.6 is 0 Å². The number of aromatic nitrogens is 1. The molecule has 0 radical (unpaired) electrons. The molecule has 0 bridgehead atoms. The monoisotopic (exact) mass is 313 g/mol. The molecule has 0 atom stereocenters. The van der Waals surface area contributed by atoms with Gasteiger partial charge in [-0.2, -0.15) is 0 Å². The van der Waals surface area contributed by atoms with Crippen molar-refractivity contribution in [3.05, 3.63) is 41.8 Å². The molecule has 1 fully saturated rings. The molecule has 1 aromatic heterocycles. The van der Waals surface area contributed by atoms with Gasteiger partial charge in [-0.25, -0.2) is 4.98 Å². The van der Waals surface area contributed by atoms with Crippen LogP contribution < -0.4 is 5.32 Å². The normalized spacial score (nSPS) is 15.7. The Bertz CT molecular complexity index is 694. The summed E-state index contributed by atoms with van der Waals surface area (Å²) in [6, 6.07) is 7.52. The number of nitrogens with zero attached hydrogens (tertiary/aromatic N) is 2. The summed E-state index contributed by atoms with van der Waals surface area (Å²) >= 11 is 0. The lowest BCUT2D eigenvalue weighted by molar-refractivity contribution is 0.0736. The van der Waals surface area contributed by atoms with E-state index in [1.54, 1.807) is 6.26 Å². The fourth-order valence-corrected chi connectivity index (χ4v) is 2.59. The van der Waals surface area contributed by atoms with Gasteiger partial charge in [0, 0.05) is 42.7 Å². The van der Waals surface area contributed by atoms with Gasteiger partial charge in [0.2, 0.25) is 5.89 Å². The Balaban J connectivity index is 1.85. The van der Waals surface area contributed by atoms with E-state index in [4.69, 9.17) is 4.42 Å². The van der Waals surface area contributed by atoms with Crippen LogP contribution in [0.25, 0.3) is 11.5 Å². The zero-order chi connectivity index (χ0) is 16.4. The standard InChI is InChI=1S/C18H23N3O2/c1-18(2,3)15-12-23-16(20-15)13-5-4-6-14(11-13)17(22)21-9-7-19-8-10-21/h4-6,11-12,19H,7-10H2,1-3H3. The highest BCUT2D eigenvalue weighted by Gasteiger charge is 2.21. The van der Waals surface area contributed by atoms with E-state index in [0.29, 0.717) is 11.5 Å². The number of hydrogen-bond acceptors (Lipinski definition) is 4. The Kier molecular flexibility index (Phi) is 4.22. The molecule has 1 aliphatic heterocycles. The van der Waals surface area contributed by atoms with Crippen LogP contribution in [0.4, 0.5) is 0 Å². The summed E-state index contributed by atoms with van der Waals surface area (Å²) in [4.78, 5) is 19.0. The lowest BCUT2D eigenvalue weighted by Crippen LogP contribution is -2.46. The molecular weight excluding hydrogens is 290 g/mol. The zero-order valence-corrected chi connectivity index (χ0v) is 13.9. The van der Waals surface area contributed by atoms with Crippen LogP contribution in [0.1, 0.15) is 36.8 Å². The maximum Gasteiger partial charge on any atom is 0.253 e. The van der Waals surface area contributed by atoms with Gasteiger partial charge < -0.3 is 14.6 Å². The number of piperazine rings is 1. The van der Waals surface area contributed by atoms with Crippen molar-refractivity contribution in [3.8, 4) is 11.5 Å². The van der Waals surface area contributed by atoms with Gasteiger partial charge >= 0.3 is 0 Å². The Morgan fingerprint density at radius 3 is 2.65 bits per heavy atom. The van der Waals surface area contributed by atoms with Gasteiger partial charge in [0.15, 0.2) is 0 Å². The first-order valence-corrected chi connectivity index (χ1v) is 8.01. The van der Waals surface area contributed by atoms with Crippen molar-refractivity contribution >= 4 is 5.91 Å². The fourth-order valence-electron chi connectivity index (χ4n) is 2.59. The summed E-state index contributed by atoms with van der Waals surface area (Å²) in [6.45, 7) is 9.48. The molecule has 0 saturated carbocycles. The van der Waals surface area contributed by atoms with Crippen LogP contribution in [0.2, 0.25) is 0 Å². The summed E-state index contributed by atoms with van der Waals surface area (Å²) in [5.41, 5.74) is 2.36. The highest BCUT2D eigenvalue weighted by molar-refractivity contribution is 5.95. The van der Waals surface area contributed by atoms with Crippen LogP contribution in [0.5, 0.6) is 0 Å². The van der Waals surface area contributed by atoms with Gasteiger partial charge in [-0.05, 0) is 18.2 Å². The van der Waals surface area contributed by atoms with E-state index in [0.717, 1.165) is 37.4 Å². The smallest absolute Gasteiger partial charge is 0.253 e. The summed E-state index contributed by atoms with van der Waals surface area (Å²) in [6.07, 6.45) is 1.69. The van der Waals surface area contributed by atoms with Crippen LogP contribution in [0.15, 0.2) is 34.9 Å². The minimum atomic E-state index is -0.0595. The van der Waals surface area contributed by atoms with Gasteiger partial charge in [0.1, 0.15) is 6.26 Å². The first-order valence-electron chi connectivity index (χ1n) is 8.01. The van der Waals surface area contributed by atoms with Crippen molar-refractivity contribution in [2.75, 3.05) is 26.2 Å².